The first-order valence-electron chi connectivity index (χ1n) is 9.16. The fourth-order valence-electron chi connectivity index (χ4n) is 3.17. The Balaban J connectivity index is 2.16. The minimum absolute atomic E-state index is 0.0753. The third-order valence-electron chi connectivity index (χ3n) is 4.59. The van der Waals surface area contributed by atoms with E-state index in [0.717, 1.165) is 22.7 Å². The molecule has 5 N–H and O–H groups in total. The van der Waals surface area contributed by atoms with Gasteiger partial charge in [-0.2, -0.15) is 0 Å². The Morgan fingerprint density at radius 3 is 2.50 bits per heavy atom. The van der Waals surface area contributed by atoms with Crippen molar-refractivity contribution in [1.82, 2.24) is 0 Å². The Morgan fingerprint density at radius 2 is 1.88 bits per heavy atom. The summed E-state index contributed by atoms with van der Waals surface area (Å²) in [6.07, 6.45) is 3.10. The van der Waals surface area contributed by atoms with Crippen molar-refractivity contribution in [1.29, 1.82) is 5.41 Å². The summed E-state index contributed by atoms with van der Waals surface area (Å²) < 4.78 is 38.7. The monoisotopic (exact) mass is 508 g/mol. The van der Waals surface area contributed by atoms with Gasteiger partial charge in [-0.05, 0) is 59.7 Å². The molecule has 0 fully saturated rings. The van der Waals surface area contributed by atoms with Gasteiger partial charge in [0.05, 0.1) is 18.9 Å². The summed E-state index contributed by atoms with van der Waals surface area (Å²) in [5, 5.41) is 7.63. The van der Waals surface area contributed by atoms with E-state index in [9.17, 15) is 22.8 Å². The molecule has 0 bridgehead atoms. The molecule has 0 aliphatic carbocycles. The number of thiophene rings is 1. The lowest BCUT2D eigenvalue weighted by Crippen LogP contribution is -2.08. The Hall–Kier alpha value is -2.20. The third-order valence-corrected chi connectivity index (χ3v) is 9.47. The molecule has 7 nitrogen and oxygen atoms in total. The zero-order chi connectivity index (χ0) is 23.7. The lowest BCUT2D eigenvalue weighted by atomic mass is 9.95. The van der Waals surface area contributed by atoms with Gasteiger partial charge in [0, 0.05) is 5.82 Å². The van der Waals surface area contributed by atoms with E-state index in [4.69, 9.17) is 11.1 Å². The topological polar surface area (TPSA) is 142 Å². The molecule has 0 aliphatic rings. The first-order valence-corrected chi connectivity index (χ1v) is 14.4. The molecule has 3 rings (SSSR count). The normalized spacial score (nSPS) is 12.4. The predicted octanol–water partition coefficient (Wildman–Crippen LogP) is 4.71. The summed E-state index contributed by atoms with van der Waals surface area (Å²) in [6, 6.07) is 13.2. The van der Waals surface area contributed by atoms with Gasteiger partial charge in [0.25, 0.3) is 0 Å². The highest BCUT2D eigenvalue weighted by molar-refractivity contribution is 8.01. The number of hydrogen-bond donors (Lipinski definition) is 4. The number of nitrogens with two attached hydrogens (primary N) is 1. The van der Waals surface area contributed by atoms with Gasteiger partial charge < -0.3 is 15.5 Å². The SMILES string of the molecule is CSc1sc(C(=N)N)cc1S(=O)(=O)c1cccc(-c2c(C)cccc2/C=C/P(=O)(O)O)c1. The number of amidine groups is 1. The number of thioether (sulfide) groups is 1. The van der Waals surface area contributed by atoms with Crippen molar-refractivity contribution in [3.05, 3.63) is 70.4 Å². The van der Waals surface area contributed by atoms with E-state index in [1.54, 1.807) is 36.6 Å². The van der Waals surface area contributed by atoms with E-state index < -0.39 is 17.4 Å². The van der Waals surface area contributed by atoms with Crippen molar-refractivity contribution in [2.75, 3.05) is 6.26 Å². The second kappa shape index (κ2) is 9.35. The van der Waals surface area contributed by atoms with Gasteiger partial charge in [0.1, 0.15) is 5.84 Å². The van der Waals surface area contributed by atoms with Gasteiger partial charge in [-0.3, -0.25) is 9.97 Å². The molecule has 32 heavy (non-hydrogen) atoms. The largest absolute Gasteiger partial charge is 0.383 e. The van der Waals surface area contributed by atoms with E-state index in [-0.39, 0.29) is 15.6 Å². The van der Waals surface area contributed by atoms with E-state index in [1.165, 1.54) is 30.0 Å². The van der Waals surface area contributed by atoms with Crippen molar-refractivity contribution in [2.24, 2.45) is 5.73 Å². The van der Waals surface area contributed by atoms with E-state index in [1.807, 2.05) is 13.0 Å². The van der Waals surface area contributed by atoms with Gasteiger partial charge in [0.15, 0.2) is 0 Å². The van der Waals surface area contributed by atoms with Gasteiger partial charge in [0.2, 0.25) is 9.84 Å². The van der Waals surface area contributed by atoms with Crippen LogP contribution in [0.4, 0.5) is 0 Å². The second-order valence-corrected chi connectivity index (χ2v) is 12.4. The lowest BCUT2D eigenvalue weighted by Gasteiger charge is -2.12. The molecule has 1 aromatic heterocycles. The quantitative estimate of drug-likeness (QED) is 0.157. The summed E-state index contributed by atoms with van der Waals surface area (Å²) >= 11 is 2.43. The number of hydrogen-bond acceptors (Lipinski definition) is 6. The highest BCUT2D eigenvalue weighted by Gasteiger charge is 2.25. The van der Waals surface area contributed by atoms with Crippen molar-refractivity contribution < 1.29 is 22.8 Å². The fourth-order valence-corrected chi connectivity index (χ4v) is 7.42. The van der Waals surface area contributed by atoms with Gasteiger partial charge >= 0.3 is 7.60 Å². The Bertz CT molecular complexity index is 1370. The van der Waals surface area contributed by atoms with Crippen molar-refractivity contribution in [2.45, 2.75) is 20.9 Å². The number of sulfone groups is 1. The summed E-state index contributed by atoms with van der Waals surface area (Å²) in [5.41, 5.74) is 8.21. The zero-order valence-electron chi connectivity index (χ0n) is 17.1. The molecule has 0 aliphatic heterocycles. The maximum Gasteiger partial charge on any atom is 0.349 e. The maximum absolute atomic E-state index is 13.4. The van der Waals surface area contributed by atoms with Crippen LogP contribution in [0.25, 0.3) is 17.2 Å². The number of nitrogen functional groups attached to an aromatic ring is 1. The average molecular weight is 509 g/mol. The Kier molecular flexibility index (Phi) is 7.14. The molecule has 0 unspecified atom stereocenters. The smallest absolute Gasteiger partial charge is 0.349 e. The summed E-state index contributed by atoms with van der Waals surface area (Å²) in [5.74, 6) is 0.632. The molecule has 0 amide bonds. The zero-order valence-corrected chi connectivity index (χ0v) is 20.5. The number of aryl methyl sites for hydroxylation is 1. The van der Waals surface area contributed by atoms with Crippen LogP contribution in [0.2, 0.25) is 0 Å². The van der Waals surface area contributed by atoms with Crippen LogP contribution >= 0.6 is 30.7 Å². The first kappa shape index (κ1) is 24.4. The summed E-state index contributed by atoms with van der Waals surface area (Å²) in [7, 11) is -8.25. The van der Waals surface area contributed by atoms with Crippen molar-refractivity contribution >= 4 is 52.4 Å². The number of benzene rings is 2. The standard InChI is InChI=1S/C21H21N2O5PS3/c1-13-5-3-6-14(9-10-29(24,25)26)19(13)15-7-4-8-16(11-15)32(27,28)18-12-17(20(22)23)31-21(18)30-2/h3-12H,1-2H3,(H3,22,23)(H2,24,25,26)/b10-9+. The molecule has 0 saturated heterocycles. The molecule has 11 heteroatoms. The molecule has 2 aromatic carbocycles. The van der Waals surface area contributed by atoms with Crippen LogP contribution in [-0.4, -0.2) is 30.3 Å². The average Bonchev–Trinajstić information content (AvgIpc) is 3.17. The van der Waals surface area contributed by atoms with Crippen molar-refractivity contribution in [3.8, 4) is 11.1 Å². The van der Waals surface area contributed by atoms with E-state index in [0.29, 0.717) is 25.8 Å². The van der Waals surface area contributed by atoms with Crippen LogP contribution in [0.3, 0.4) is 0 Å². The minimum atomic E-state index is -4.35. The molecule has 0 radical (unpaired) electrons. The Labute approximate surface area is 194 Å². The number of rotatable bonds is 7. The molecule has 3 aromatic rings. The van der Waals surface area contributed by atoms with E-state index in [2.05, 4.69) is 0 Å². The van der Waals surface area contributed by atoms with Gasteiger partial charge in [-0.15, -0.1) is 23.1 Å². The molecule has 0 atom stereocenters. The van der Waals surface area contributed by atoms with Crippen LogP contribution in [0, 0.1) is 12.3 Å². The summed E-state index contributed by atoms with van der Waals surface area (Å²) in [6.45, 7) is 1.84. The number of nitrogens with one attached hydrogen (secondary N) is 1. The summed E-state index contributed by atoms with van der Waals surface area (Å²) in [4.78, 5) is 19.0. The van der Waals surface area contributed by atoms with Crippen LogP contribution in [-0.2, 0) is 14.4 Å². The molecule has 0 spiro atoms. The van der Waals surface area contributed by atoms with Crippen LogP contribution in [0.15, 0.2) is 68.3 Å². The van der Waals surface area contributed by atoms with E-state index >= 15 is 0 Å². The minimum Gasteiger partial charge on any atom is -0.383 e. The first-order chi connectivity index (χ1) is 14.9. The third kappa shape index (κ3) is 5.23. The van der Waals surface area contributed by atoms with Gasteiger partial charge in [-0.1, -0.05) is 30.3 Å². The molecule has 168 valence electrons. The van der Waals surface area contributed by atoms with Crippen LogP contribution in [0.5, 0.6) is 0 Å². The molecular formula is C21H21N2O5PS3. The highest BCUT2D eigenvalue weighted by Crippen LogP contribution is 2.40. The predicted molar refractivity (Wildman–Crippen MR) is 130 cm³/mol. The molecule has 1 heterocycles. The highest BCUT2D eigenvalue weighted by atomic mass is 32.2. The van der Waals surface area contributed by atoms with Crippen LogP contribution < -0.4 is 5.73 Å². The second-order valence-electron chi connectivity index (χ2n) is 6.86. The molecule has 0 saturated carbocycles. The lowest BCUT2D eigenvalue weighted by molar-refractivity contribution is 0.386. The molecular weight excluding hydrogens is 487 g/mol. The maximum atomic E-state index is 13.4. The fraction of sp³-hybridized carbons (Fsp3) is 0.0952. The Morgan fingerprint density at radius 1 is 1.19 bits per heavy atom. The van der Waals surface area contributed by atoms with Crippen molar-refractivity contribution in [3.63, 3.8) is 0 Å². The van der Waals surface area contributed by atoms with Crippen LogP contribution in [0.1, 0.15) is 16.0 Å². The van der Waals surface area contributed by atoms with Gasteiger partial charge in [-0.25, -0.2) is 8.42 Å².